The lowest BCUT2D eigenvalue weighted by Gasteiger charge is -2.49. The zero-order chi connectivity index (χ0) is 17.1. The Labute approximate surface area is 141 Å². The smallest absolute Gasteiger partial charge is 0.309 e. The van der Waals surface area contributed by atoms with Gasteiger partial charge in [-0.2, -0.15) is 0 Å². The lowest BCUT2D eigenvalue weighted by molar-refractivity contribution is -0.164. The number of carbonyl (C=O) groups excluding carboxylic acids is 2. The summed E-state index contributed by atoms with van der Waals surface area (Å²) in [7, 11) is 2.77. The van der Waals surface area contributed by atoms with E-state index in [0.29, 0.717) is 0 Å². The van der Waals surface area contributed by atoms with Crippen molar-refractivity contribution in [2.45, 2.75) is 11.8 Å². The quantitative estimate of drug-likeness (QED) is 0.811. The van der Waals surface area contributed by atoms with E-state index in [1.165, 1.54) is 14.2 Å². The predicted molar refractivity (Wildman–Crippen MR) is 89.4 cm³/mol. The Bertz CT molecular complexity index is 639. The standard InChI is InChI=1S/C20H20O4/c1-23-19(21)17-15(13-9-5-3-6-10-13)18(20(22)24-2)16(17)14-11-7-4-8-12-14/h3-12,15-18H,1-2H3. The first-order valence-electron chi connectivity index (χ1n) is 7.94. The van der Waals surface area contributed by atoms with Crippen molar-refractivity contribution in [2.24, 2.45) is 11.8 Å². The second kappa shape index (κ2) is 6.87. The molecule has 1 aliphatic rings. The van der Waals surface area contributed by atoms with Gasteiger partial charge in [0.15, 0.2) is 0 Å². The molecule has 4 nitrogen and oxygen atoms in total. The van der Waals surface area contributed by atoms with E-state index in [2.05, 4.69) is 0 Å². The molecule has 124 valence electrons. The molecular weight excluding hydrogens is 304 g/mol. The van der Waals surface area contributed by atoms with Crippen molar-refractivity contribution in [1.29, 1.82) is 0 Å². The molecule has 1 aliphatic carbocycles. The maximum absolute atomic E-state index is 12.4. The molecule has 3 rings (SSSR count). The largest absolute Gasteiger partial charge is 0.469 e. The minimum Gasteiger partial charge on any atom is -0.469 e. The van der Waals surface area contributed by atoms with Gasteiger partial charge in [0.05, 0.1) is 26.1 Å². The van der Waals surface area contributed by atoms with Gasteiger partial charge < -0.3 is 9.47 Å². The third-order valence-corrected chi connectivity index (χ3v) is 4.86. The van der Waals surface area contributed by atoms with Crippen LogP contribution in [0.25, 0.3) is 0 Å². The van der Waals surface area contributed by atoms with Gasteiger partial charge in [-0.1, -0.05) is 60.7 Å². The van der Waals surface area contributed by atoms with Crippen LogP contribution in [-0.4, -0.2) is 26.2 Å². The summed E-state index contributed by atoms with van der Waals surface area (Å²) < 4.78 is 10.1. The third-order valence-electron chi connectivity index (χ3n) is 4.86. The molecule has 0 aromatic heterocycles. The number of rotatable bonds is 4. The zero-order valence-electron chi connectivity index (χ0n) is 13.7. The number of carbonyl (C=O) groups is 2. The van der Waals surface area contributed by atoms with Gasteiger partial charge in [0.1, 0.15) is 0 Å². The van der Waals surface area contributed by atoms with Crippen LogP contribution >= 0.6 is 0 Å². The molecule has 0 bridgehead atoms. The van der Waals surface area contributed by atoms with Crippen LogP contribution in [0.1, 0.15) is 23.0 Å². The van der Waals surface area contributed by atoms with Gasteiger partial charge in [-0.05, 0) is 11.1 Å². The molecule has 0 aliphatic heterocycles. The van der Waals surface area contributed by atoms with Crippen molar-refractivity contribution in [2.75, 3.05) is 14.2 Å². The Kier molecular flexibility index (Phi) is 4.65. The average molecular weight is 324 g/mol. The summed E-state index contributed by atoms with van der Waals surface area (Å²) in [6.45, 7) is 0. The van der Waals surface area contributed by atoms with Gasteiger partial charge in [-0.25, -0.2) is 0 Å². The minimum atomic E-state index is -0.399. The molecule has 1 fully saturated rings. The summed E-state index contributed by atoms with van der Waals surface area (Å²) >= 11 is 0. The van der Waals surface area contributed by atoms with E-state index in [-0.39, 0.29) is 23.8 Å². The van der Waals surface area contributed by atoms with Crippen LogP contribution in [0.4, 0.5) is 0 Å². The van der Waals surface area contributed by atoms with E-state index in [1.807, 2.05) is 60.7 Å². The first kappa shape index (κ1) is 16.2. The summed E-state index contributed by atoms with van der Waals surface area (Å²) in [5.41, 5.74) is 1.91. The molecule has 0 saturated heterocycles. The van der Waals surface area contributed by atoms with Crippen molar-refractivity contribution >= 4 is 11.9 Å². The van der Waals surface area contributed by atoms with Gasteiger partial charge in [0, 0.05) is 11.8 Å². The predicted octanol–water partition coefficient (Wildman–Crippen LogP) is 3.15. The van der Waals surface area contributed by atoms with Gasteiger partial charge in [-0.3, -0.25) is 9.59 Å². The molecule has 2 aromatic rings. The van der Waals surface area contributed by atoms with E-state index < -0.39 is 11.8 Å². The fraction of sp³-hybridized carbons (Fsp3) is 0.300. The lowest BCUT2D eigenvalue weighted by atomic mass is 9.52. The molecule has 0 unspecified atom stereocenters. The minimum absolute atomic E-state index is 0.240. The van der Waals surface area contributed by atoms with E-state index in [1.54, 1.807) is 0 Å². The van der Waals surface area contributed by atoms with Crippen molar-refractivity contribution in [3.8, 4) is 0 Å². The van der Waals surface area contributed by atoms with Crippen LogP contribution in [0.3, 0.4) is 0 Å². The molecule has 0 amide bonds. The van der Waals surface area contributed by atoms with Crippen molar-refractivity contribution in [3.63, 3.8) is 0 Å². The highest BCUT2D eigenvalue weighted by Gasteiger charge is 2.59. The third kappa shape index (κ3) is 2.68. The van der Waals surface area contributed by atoms with Gasteiger partial charge >= 0.3 is 11.9 Å². The highest BCUT2D eigenvalue weighted by atomic mass is 16.5. The SMILES string of the molecule is COC(=O)C1C(c2ccccc2)C(C(=O)OC)C1c1ccccc1. The van der Waals surface area contributed by atoms with Crippen LogP contribution < -0.4 is 0 Å². The second-order valence-electron chi connectivity index (χ2n) is 5.97. The Morgan fingerprint density at radius 2 is 1.00 bits per heavy atom. The van der Waals surface area contributed by atoms with Crippen LogP contribution in [0.5, 0.6) is 0 Å². The van der Waals surface area contributed by atoms with E-state index in [4.69, 9.17) is 9.47 Å². The monoisotopic (exact) mass is 324 g/mol. The van der Waals surface area contributed by atoms with Crippen LogP contribution in [-0.2, 0) is 19.1 Å². The fourth-order valence-electron chi connectivity index (χ4n) is 3.79. The molecule has 0 radical (unpaired) electrons. The Morgan fingerprint density at radius 1 is 0.667 bits per heavy atom. The molecule has 1 saturated carbocycles. The lowest BCUT2D eigenvalue weighted by Crippen LogP contribution is -2.51. The summed E-state index contributed by atoms with van der Waals surface area (Å²) in [4.78, 5) is 24.9. The van der Waals surface area contributed by atoms with Crippen LogP contribution in [0.15, 0.2) is 60.7 Å². The number of esters is 2. The summed E-state index contributed by atoms with van der Waals surface area (Å²) in [5.74, 6) is -1.86. The molecule has 2 aromatic carbocycles. The van der Waals surface area contributed by atoms with E-state index in [0.717, 1.165) is 11.1 Å². The Balaban J connectivity index is 2.06. The first-order chi connectivity index (χ1) is 11.7. The van der Waals surface area contributed by atoms with Gasteiger partial charge in [-0.15, -0.1) is 0 Å². The van der Waals surface area contributed by atoms with Gasteiger partial charge in [0.2, 0.25) is 0 Å². The maximum atomic E-state index is 12.4. The van der Waals surface area contributed by atoms with Crippen molar-refractivity contribution in [3.05, 3.63) is 71.8 Å². The van der Waals surface area contributed by atoms with Crippen LogP contribution in [0.2, 0.25) is 0 Å². The number of benzene rings is 2. The normalized spacial score (nSPS) is 25.4. The maximum Gasteiger partial charge on any atom is 0.309 e. The Hall–Kier alpha value is -2.62. The van der Waals surface area contributed by atoms with Gasteiger partial charge in [0.25, 0.3) is 0 Å². The summed E-state index contributed by atoms with van der Waals surface area (Å²) in [6, 6.07) is 19.2. The van der Waals surface area contributed by atoms with Crippen molar-refractivity contribution < 1.29 is 19.1 Å². The second-order valence-corrected chi connectivity index (χ2v) is 5.97. The molecule has 0 spiro atoms. The number of ether oxygens (including phenoxy) is 2. The van der Waals surface area contributed by atoms with Crippen molar-refractivity contribution in [1.82, 2.24) is 0 Å². The van der Waals surface area contributed by atoms with E-state index >= 15 is 0 Å². The first-order valence-corrected chi connectivity index (χ1v) is 7.94. The highest BCUT2D eigenvalue weighted by molar-refractivity contribution is 5.85. The molecule has 0 N–H and O–H groups in total. The molecule has 0 atom stereocenters. The molecule has 24 heavy (non-hydrogen) atoms. The molecular formula is C20H20O4. The topological polar surface area (TPSA) is 52.6 Å². The molecule has 4 heteroatoms. The zero-order valence-corrected chi connectivity index (χ0v) is 13.7. The summed E-state index contributed by atoms with van der Waals surface area (Å²) in [5, 5.41) is 0. The molecule has 0 heterocycles. The fourth-order valence-corrected chi connectivity index (χ4v) is 3.79. The number of hydrogen-bond donors (Lipinski definition) is 0. The number of methoxy groups -OCH3 is 2. The summed E-state index contributed by atoms with van der Waals surface area (Å²) in [6.07, 6.45) is 0. The highest BCUT2D eigenvalue weighted by Crippen LogP contribution is 2.58. The average Bonchev–Trinajstić information content (AvgIpc) is 2.62. The van der Waals surface area contributed by atoms with Crippen LogP contribution in [0, 0.1) is 11.8 Å². The Morgan fingerprint density at radius 3 is 1.29 bits per heavy atom. The van der Waals surface area contributed by atoms with E-state index in [9.17, 15) is 9.59 Å². The number of hydrogen-bond acceptors (Lipinski definition) is 4.